The number of morpholine rings is 1. The van der Waals surface area contributed by atoms with Crippen molar-refractivity contribution in [2.75, 3.05) is 26.3 Å². The first-order chi connectivity index (χ1) is 13.6. The molecule has 0 unspecified atom stereocenters. The van der Waals surface area contributed by atoms with E-state index in [0.717, 1.165) is 5.56 Å². The van der Waals surface area contributed by atoms with Crippen LogP contribution in [0.1, 0.15) is 15.9 Å². The van der Waals surface area contributed by atoms with Gasteiger partial charge in [-0.2, -0.15) is 0 Å². The summed E-state index contributed by atoms with van der Waals surface area (Å²) in [5.41, 5.74) is 1.07. The second-order valence-electron chi connectivity index (χ2n) is 6.79. The van der Waals surface area contributed by atoms with Crippen molar-refractivity contribution in [2.45, 2.75) is 13.0 Å². The molecule has 0 radical (unpaired) electrons. The molecule has 28 heavy (non-hydrogen) atoms. The van der Waals surface area contributed by atoms with Crippen LogP contribution in [-0.4, -0.2) is 46.7 Å². The van der Waals surface area contributed by atoms with Crippen molar-refractivity contribution in [1.29, 1.82) is 0 Å². The fourth-order valence-corrected chi connectivity index (χ4v) is 3.43. The zero-order chi connectivity index (χ0) is 19.5. The molecule has 1 aliphatic rings. The van der Waals surface area contributed by atoms with Gasteiger partial charge < -0.3 is 14.6 Å². The van der Waals surface area contributed by atoms with Gasteiger partial charge in [0.15, 0.2) is 0 Å². The summed E-state index contributed by atoms with van der Waals surface area (Å²) in [5.74, 6) is -0.126. The largest absolute Gasteiger partial charge is 0.378 e. The van der Waals surface area contributed by atoms with Crippen LogP contribution in [0.15, 0.2) is 58.1 Å². The molecule has 7 heteroatoms. The molecule has 0 saturated carbocycles. The summed E-state index contributed by atoms with van der Waals surface area (Å²) in [6.07, 6.45) is 0.586. The highest BCUT2D eigenvalue weighted by atomic mass is 16.5. The van der Waals surface area contributed by atoms with Gasteiger partial charge in [0.25, 0.3) is 11.5 Å². The van der Waals surface area contributed by atoms with E-state index in [2.05, 4.69) is 4.98 Å². The standard InChI is InChI=1S/C21H21N3O4/c25-19(23-10-12-28-13-11-23)16-6-7-17-18(14-16)22-21(27)24(20(17)26)9-8-15-4-2-1-3-5-15/h1-7,14H,8-13H2,(H,22,27). The lowest BCUT2D eigenvalue weighted by Crippen LogP contribution is -2.40. The van der Waals surface area contributed by atoms with Crippen molar-refractivity contribution in [1.82, 2.24) is 14.5 Å². The number of carbonyl (C=O) groups excluding carboxylic acids is 1. The molecule has 2 heterocycles. The van der Waals surface area contributed by atoms with Gasteiger partial charge in [0.2, 0.25) is 0 Å². The SMILES string of the molecule is O=C(c1ccc2c(=O)n(CCc3ccccc3)c(=O)[nH]c2c1)N1CCOCC1. The van der Waals surface area contributed by atoms with Gasteiger partial charge in [-0.3, -0.25) is 14.2 Å². The average molecular weight is 379 g/mol. The number of carbonyl (C=O) groups is 1. The van der Waals surface area contributed by atoms with E-state index in [9.17, 15) is 14.4 Å². The summed E-state index contributed by atoms with van der Waals surface area (Å²) < 4.78 is 6.48. The number of aromatic nitrogens is 2. The quantitative estimate of drug-likeness (QED) is 0.743. The van der Waals surface area contributed by atoms with Crippen LogP contribution in [0.2, 0.25) is 0 Å². The van der Waals surface area contributed by atoms with E-state index in [1.54, 1.807) is 23.1 Å². The lowest BCUT2D eigenvalue weighted by atomic mass is 10.1. The van der Waals surface area contributed by atoms with E-state index in [0.29, 0.717) is 55.7 Å². The number of hydrogen-bond donors (Lipinski definition) is 1. The lowest BCUT2D eigenvalue weighted by molar-refractivity contribution is 0.0303. The first-order valence-corrected chi connectivity index (χ1v) is 9.31. The Balaban J connectivity index is 1.63. The minimum atomic E-state index is -0.468. The molecular weight excluding hydrogens is 358 g/mol. The van der Waals surface area contributed by atoms with Crippen LogP contribution < -0.4 is 11.2 Å². The molecule has 3 aromatic rings. The molecule has 144 valence electrons. The van der Waals surface area contributed by atoms with Crippen molar-refractivity contribution >= 4 is 16.8 Å². The fraction of sp³-hybridized carbons (Fsp3) is 0.286. The van der Waals surface area contributed by atoms with E-state index in [4.69, 9.17) is 4.74 Å². The maximum Gasteiger partial charge on any atom is 0.328 e. The first kappa shape index (κ1) is 18.2. The Morgan fingerprint density at radius 3 is 2.54 bits per heavy atom. The van der Waals surface area contributed by atoms with E-state index >= 15 is 0 Å². The Labute approximate surface area is 161 Å². The topological polar surface area (TPSA) is 84.4 Å². The maximum atomic E-state index is 12.8. The van der Waals surface area contributed by atoms with Crippen LogP contribution in [0, 0.1) is 0 Å². The normalized spacial score (nSPS) is 14.4. The summed E-state index contributed by atoms with van der Waals surface area (Å²) >= 11 is 0. The Hall–Kier alpha value is -3.19. The molecule has 0 bridgehead atoms. The van der Waals surface area contributed by atoms with Gasteiger partial charge in [-0.25, -0.2) is 4.79 Å². The fourth-order valence-electron chi connectivity index (χ4n) is 3.43. The number of hydrogen-bond acceptors (Lipinski definition) is 4. The van der Waals surface area contributed by atoms with Gasteiger partial charge in [0, 0.05) is 25.2 Å². The Kier molecular flexibility index (Phi) is 5.08. The molecule has 7 nitrogen and oxygen atoms in total. The molecule has 0 atom stereocenters. The molecule has 1 saturated heterocycles. The van der Waals surface area contributed by atoms with Crippen LogP contribution in [0.4, 0.5) is 0 Å². The number of rotatable bonds is 4. The third-order valence-corrected chi connectivity index (χ3v) is 4.99. The van der Waals surface area contributed by atoms with E-state index in [-0.39, 0.29) is 11.5 Å². The lowest BCUT2D eigenvalue weighted by Gasteiger charge is -2.26. The molecular formula is C21H21N3O4. The van der Waals surface area contributed by atoms with Gasteiger partial charge in [0.05, 0.1) is 24.1 Å². The number of ether oxygens (including phenoxy) is 1. The number of aromatic amines is 1. The zero-order valence-electron chi connectivity index (χ0n) is 15.4. The third-order valence-electron chi connectivity index (χ3n) is 4.99. The Morgan fingerprint density at radius 2 is 1.79 bits per heavy atom. The highest BCUT2D eigenvalue weighted by Crippen LogP contribution is 2.13. The summed E-state index contributed by atoms with van der Waals surface area (Å²) in [6.45, 7) is 2.40. The number of H-pyrrole nitrogens is 1. The second kappa shape index (κ2) is 7.82. The number of aryl methyl sites for hydroxylation is 1. The van der Waals surface area contributed by atoms with Crippen molar-refractivity contribution in [2.24, 2.45) is 0 Å². The highest BCUT2D eigenvalue weighted by Gasteiger charge is 2.19. The Morgan fingerprint density at radius 1 is 1.04 bits per heavy atom. The first-order valence-electron chi connectivity index (χ1n) is 9.31. The van der Waals surface area contributed by atoms with Gasteiger partial charge >= 0.3 is 5.69 Å². The van der Waals surface area contributed by atoms with Gasteiger partial charge in [-0.15, -0.1) is 0 Å². The number of nitrogens with zero attached hydrogens (tertiary/aromatic N) is 2. The minimum Gasteiger partial charge on any atom is -0.378 e. The number of benzene rings is 2. The predicted octanol–water partition coefficient (Wildman–Crippen LogP) is 1.40. The van der Waals surface area contributed by atoms with Crippen LogP contribution in [0.25, 0.3) is 10.9 Å². The molecule has 1 aromatic heterocycles. The molecule has 0 aliphatic carbocycles. The number of amides is 1. The molecule has 2 aromatic carbocycles. The summed E-state index contributed by atoms with van der Waals surface area (Å²) in [7, 11) is 0. The molecule has 1 amide bonds. The minimum absolute atomic E-state index is 0.126. The summed E-state index contributed by atoms with van der Waals surface area (Å²) in [4.78, 5) is 42.3. The van der Waals surface area contributed by atoms with Crippen LogP contribution in [-0.2, 0) is 17.7 Å². The summed E-state index contributed by atoms with van der Waals surface area (Å²) in [6, 6.07) is 14.5. The number of nitrogens with one attached hydrogen (secondary N) is 1. The molecule has 0 spiro atoms. The van der Waals surface area contributed by atoms with Crippen LogP contribution in [0.3, 0.4) is 0 Å². The maximum absolute atomic E-state index is 12.8. The van der Waals surface area contributed by atoms with Crippen molar-refractivity contribution in [3.05, 3.63) is 80.5 Å². The third kappa shape index (κ3) is 3.61. The van der Waals surface area contributed by atoms with Crippen LogP contribution >= 0.6 is 0 Å². The van der Waals surface area contributed by atoms with E-state index < -0.39 is 5.69 Å². The van der Waals surface area contributed by atoms with Crippen LogP contribution in [0.5, 0.6) is 0 Å². The molecule has 1 N–H and O–H groups in total. The van der Waals surface area contributed by atoms with Gasteiger partial charge in [-0.1, -0.05) is 30.3 Å². The van der Waals surface area contributed by atoms with Gasteiger partial charge in [-0.05, 0) is 30.2 Å². The molecule has 1 aliphatic heterocycles. The van der Waals surface area contributed by atoms with Crippen molar-refractivity contribution in [3.63, 3.8) is 0 Å². The smallest absolute Gasteiger partial charge is 0.328 e. The predicted molar refractivity (Wildman–Crippen MR) is 106 cm³/mol. The summed E-state index contributed by atoms with van der Waals surface area (Å²) in [5, 5.41) is 0.395. The molecule has 1 fully saturated rings. The monoisotopic (exact) mass is 379 g/mol. The van der Waals surface area contributed by atoms with Crippen molar-refractivity contribution in [3.8, 4) is 0 Å². The molecule has 4 rings (SSSR count). The van der Waals surface area contributed by atoms with Crippen molar-refractivity contribution < 1.29 is 9.53 Å². The van der Waals surface area contributed by atoms with E-state index in [1.807, 2.05) is 30.3 Å². The Bertz CT molecular complexity index is 1110. The zero-order valence-corrected chi connectivity index (χ0v) is 15.4. The van der Waals surface area contributed by atoms with E-state index in [1.165, 1.54) is 4.57 Å². The average Bonchev–Trinajstić information content (AvgIpc) is 2.74. The van der Waals surface area contributed by atoms with Gasteiger partial charge in [0.1, 0.15) is 0 Å². The highest BCUT2D eigenvalue weighted by molar-refractivity contribution is 5.97. The second-order valence-corrected chi connectivity index (χ2v) is 6.79. The number of fused-ring (bicyclic) bond motifs is 1.